The van der Waals surface area contributed by atoms with E-state index in [1.54, 1.807) is 23.6 Å². The predicted molar refractivity (Wildman–Crippen MR) is 94.8 cm³/mol. The molecule has 0 bridgehead atoms. The van der Waals surface area contributed by atoms with Crippen molar-refractivity contribution in [3.05, 3.63) is 41.5 Å². The molecule has 0 aromatic heterocycles. The van der Waals surface area contributed by atoms with Crippen molar-refractivity contribution < 1.29 is 9.59 Å². The molecule has 1 aliphatic rings. The van der Waals surface area contributed by atoms with Gasteiger partial charge >= 0.3 is 0 Å². The maximum absolute atomic E-state index is 12.8. The van der Waals surface area contributed by atoms with Gasteiger partial charge in [-0.2, -0.15) is 0 Å². The quantitative estimate of drug-likeness (QED) is 0.628. The van der Waals surface area contributed by atoms with Crippen LogP contribution in [0.25, 0.3) is 0 Å². The number of thioether (sulfide) groups is 1. The minimum Gasteiger partial charge on any atom is -0.339 e. The lowest BCUT2D eigenvalue weighted by molar-refractivity contribution is -0.130. The summed E-state index contributed by atoms with van der Waals surface area (Å²) in [5.74, 6) is 1.01. The summed E-state index contributed by atoms with van der Waals surface area (Å²) in [7, 11) is 0. The maximum Gasteiger partial charge on any atom is 0.255 e. The Kier molecular flexibility index (Phi) is 6.28. The third-order valence-electron chi connectivity index (χ3n) is 3.86. The fourth-order valence-corrected chi connectivity index (χ4v) is 3.54. The van der Waals surface area contributed by atoms with Gasteiger partial charge in [0.25, 0.3) is 5.91 Å². The van der Waals surface area contributed by atoms with E-state index in [1.165, 1.54) is 5.57 Å². The van der Waals surface area contributed by atoms with Crippen molar-refractivity contribution in [1.29, 1.82) is 0 Å². The van der Waals surface area contributed by atoms with Crippen LogP contribution in [-0.2, 0) is 4.79 Å². The highest BCUT2D eigenvalue weighted by Crippen LogP contribution is 2.24. The first-order chi connectivity index (χ1) is 11.0. The fourth-order valence-electron chi connectivity index (χ4n) is 2.46. The molecule has 0 N–H and O–H groups in total. The third-order valence-corrected chi connectivity index (χ3v) is 4.86. The van der Waals surface area contributed by atoms with Crippen LogP contribution in [0.3, 0.4) is 0 Å². The zero-order chi connectivity index (χ0) is 16.8. The van der Waals surface area contributed by atoms with Crippen LogP contribution in [0.5, 0.6) is 0 Å². The second kappa shape index (κ2) is 8.20. The molecule has 1 aliphatic heterocycles. The summed E-state index contributed by atoms with van der Waals surface area (Å²) in [5, 5.41) is 0. The first-order valence-electron chi connectivity index (χ1n) is 7.89. The third kappa shape index (κ3) is 4.86. The largest absolute Gasteiger partial charge is 0.339 e. The van der Waals surface area contributed by atoms with Crippen molar-refractivity contribution >= 4 is 23.6 Å². The SMILES string of the molecule is CC(=O)N1CCN(C(=O)c2ccccc2SCC=C(C)C)CC1. The van der Waals surface area contributed by atoms with E-state index in [1.807, 2.05) is 29.2 Å². The Hall–Kier alpha value is -1.75. The van der Waals surface area contributed by atoms with Crippen molar-refractivity contribution in [3.8, 4) is 0 Å². The molecule has 0 spiro atoms. The molecular formula is C18H24N2O2S. The molecule has 0 atom stereocenters. The number of carbonyl (C=O) groups excluding carboxylic acids is 2. The van der Waals surface area contributed by atoms with E-state index in [0.717, 1.165) is 16.2 Å². The molecule has 2 rings (SSSR count). The van der Waals surface area contributed by atoms with Crippen LogP contribution in [0.4, 0.5) is 0 Å². The van der Waals surface area contributed by atoms with E-state index in [0.29, 0.717) is 26.2 Å². The Labute approximate surface area is 142 Å². The highest BCUT2D eigenvalue weighted by Gasteiger charge is 2.24. The summed E-state index contributed by atoms with van der Waals surface area (Å²) in [6.07, 6.45) is 2.16. The average molecular weight is 332 g/mol. The minimum absolute atomic E-state index is 0.0634. The van der Waals surface area contributed by atoms with Crippen molar-refractivity contribution in [1.82, 2.24) is 9.80 Å². The van der Waals surface area contributed by atoms with Crippen molar-refractivity contribution in [2.45, 2.75) is 25.7 Å². The van der Waals surface area contributed by atoms with Crippen LogP contribution in [-0.4, -0.2) is 53.5 Å². The Morgan fingerprint density at radius 3 is 2.26 bits per heavy atom. The lowest BCUT2D eigenvalue weighted by Crippen LogP contribution is -2.50. The number of carbonyl (C=O) groups is 2. The number of amides is 2. The molecule has 1 aromatic carbocycles. The molecule has 2 amide bonds. The standard InChI is InChI=1S/C18H24N2O2S/c1-14(2)8-13-23-17-7-5-4-6-16(17)18(22)20-11-9-19(10-12-20)15(3)21/h4-8H,9-13H2,1-3H3. The molecule has 0 saturated carbocycles. The van der Waals surface area contributed by atoms with Gasteiger partial charge in [-0.05, 0) is 26.0 Å². The number of allylic oxidation sites excluding steroid dienone is 1. The summed E-state index contributed by atoms with van der Waals surface area (Å²) in [6, 6.07) is 7.77. The van der Waals surface area contributed by atoms with E-state index >= 15 is 0 Å². The Morgan fingerprint density at radius 1 is 1.04 bits per heavy atom. The molecule has 1 saturated heterocycles. The van der Waals surface area contributed by atoms with Gasteiger partial charge in [0.05, 0.1) is 5.56 Å². The Balaban J connectivity index is 2.05. The van der Waals surface area contributed by atoms with Gasteiger partial charge in [-0.3, -0.25) is 9.59 Å². The topological polar surface area (TPSA) is 40.6 Å². The maximum atomic E-state index is 12.8. The number of hydrogen-bond acceptors (Lipinski definition) is 3. The van der Waals surface area contributed by atoms with Gasteiger partial charge in [0.15, 0.2) is 0 Å². The van der Waals surface area contributed by atoms with Gasteiger partial charge in [-0.1, -0.05) is 23.8 Å². The lowest BCUT2D eigenvalue weighted by atomic mass is 10.2. The summed E-state index contributed by atoms with van der Waals surface area (Å²) >= 11 is 1.68. The van der Waals surface area contributed by atoms with E-state index in [-0.39, 0.29) is 11.8 Å². The van der Waals surface area contributed by atoms with E-state index < -0.39 is 0 Å². The van der Waals surface area contributed by atoms with E-state index in [9.17, 15) is 9.59 Å². The molecule has 4 nitrogen and oxygen atoms in total. The van der Waals surface area contributed by atoms with E-state index in [4.69, 9.17) is 0 Å². The van der Waals surface area contributed by atoms with Crippen LogP contribution >= 0.6 is 11.8 Å². The summed E-state index contributed by atoms with van der Waals surface area (Å²) in [4.78, 5) is 28.8. The zero-order valence-electron chi connectivity index (χ0n) is 14.0. The van der Waals surface area contributed by atoms with Gasteiger partial charge in [-0.25, -0.2) is 0 Å². The monoisotopic (exact) mass is 332 g/mol. The van der Waals surface area contributed by atoms with Gasteiger partial charge in [0, 0.05) is 43.8 Å². The molecule has 124 valence electrons. The lowest BCUT2D eigenvalue weighted by Gasteiger charge is -2.34. The summed E-state index contributed by atoms with van der Waals surface area (Å²) < 4.78 is 0. The first-order valence-corrected chi connectivity index (χ1v) is 8.87. The second-order valence-corrected chi connectivity index (χ2v) is 6.95. The zero-order valence-corrected chi connectivity index (χ0v) is 14.9. The number of piperazine rings is 1. The number of benzene rings is 1. The molecule has 0 unspecified atom stereocenters. The van der Waals surface area contributed by atoms with E-state index in [2.05, 4.69) is 19.9 Å². The summed E-state index contributed by atoms with van der Waals surface area (Å²) in [5.41, 5.74) is 2.04. The Bertz CT molecular complexity index is 601. The predicted octanol–water partition coefficient (Wildman–Crippen LogP) is 3.05. The molecule has 1 aromatic rings. The molecule has 1 heterocycles. The minimum atomic E-state index is 0.0634. The highest BCUT2D eigenvalue weighted by molar-refractivity contribution is 7.99. The van der Waals surface area contributed by atoms with Gasteiger partial charge in [-0.15, -0.1) is 11.8 Å². The normalized spacial score (nSPS) is 14.6. The molecular weight excluding hydrogens is 308 g/mol. The van der Waals surface area contributed by atoms with Crippen LogP contribution in [0.2, 0.25) is 0 Å². The number of hydrogen-bond donors (Lipinski definition) is 0. The smallest absolute Gasteiger partial charge is 0.255 e. The number of rotatable bonds is 4. The molecule has 23 heavy (non-hydrogen) atoms. The van der Waals surface area contributed by atoms with Gasteiger partial charge in [0.1, 0.15) is 0 Å². The van der Waals surface area contributed by atoms with Crippen molar-refractivity contribution in [2.75, 3.05) is 31.9 Å². The van der Waals surface area contributed by atoms with Crippen LogP contribution in [0, 0.1) is 0 Å². The van der Waals surface area contributed by atoms with Gasteiger partial charge in [0.2, 0.25) is 5.91 Å². The average Bonchev–Trinajstić information content (AvgIpc) is 2.54. The molecule has 0 aliphatic carbocycles. The highest BCUT2D eigenvalue weighted by atomic mass is 32.2. The summed E-state index contributed by atoms with van der Waals surface area (Å²) in [6.45, 7) is 8.17. The van der Waals surface area contributed by atoms with Crippen LogP contribution < -0.4 is 0 Å². The Morgan fingerprint density at radius 2 is 1.65 bits per heavy atom. The first kappa shape index (κ1) is 17.6. The number of nitrogens with zero attached hydrogens (tertiary/aromatic N) is 2. The van der Waals surface area contributed by atoms with Crippen LogP contribution in [0.1, 0.15) is 31.1 Å². The molecule has 1 fully saturated rings. The fraction of sp³-hybridized carbons (Fsp3) is 0.444. The van der Waals surface area contributed by atoms with Gasteiger partial charge < -0.3 is 9.80 Å². The van der Waals surface area contributed by atoms with Crippen molar-refractivity contribution in [2.24, 2.45) is 0 Å². The van der Waals surface area contributed by atoms with Crippen molar-refractivity contribution in [3.63, 3.8) is 0 Å². The molecule has 5 heteroatoms. The second-order valence-electron chi connectivity index (χ2n) is 5.89. The van der Waals surface area contributed by atoms with Crippen LogP contribution in [0.15, 0.2) is 40.8 Å². The molecule has 0 radical (unpaired) electrons.